The lowest BCUT2D eigenvalue weighted by Crippen LogP contribution is -2.34. The Kier molecular flexibility index (Phi) is 6.40. The standard InChI is InChI=1S/C16H16N2O8S/c1-4-26-14(19)8-17-15(20)13(27-16(17)21)6-9-5-11(24-2)12(25-3)7-10(9)18(22)23/h5-7H,4,8H2,1-3H3/b13-6+. The van der Waals surface area contributed by atoms with Crippen LogP contribution >= 0.6 is 11.8 Å². The summed E-state index contributed by atoms with van der Waals surface area (Å²) in [5, 5.41) is 10.7. The van der Waals surface area contributed by atoms with Gasteiger partial charge in [0.05, 0.1) is 42.3 Å². The molecule has 27 heavy (non-hydrogen) atoms. The fraction of sp³-hybridized carbons (Fsp3) is 0.312. The molecule has 0 atom stereocenters. The molecule has 0 aromatic heterocycles. The van der Waals surface area contributed by atoms with Gasteiger partial charge in [0.2, 0.25) is 0 Å². The van der Waals surface area contributed by atoms with Gasteiger partial charge in [-0.1, -0.05) is 0 Å². The number of ether oxygens (including phenoxy) is 3. The van der Waals surface area contributed by atoms with Gasteiger partial charge in [0.15, 0.2) is 11.5 Å². The van der Waals surface area contributed by atoms with Crippen LogP contribution in [0.15, 0.2) is 17.0 Å². The van der Waals surface area contributed by atoms with Crippen molar-refractivity contribution in [3.8, 4) is 11.5 Å². The first-order valence-electron chi connectivity index (χ1n) is 7.63. The molecule has 0 spiro atoms. The average molecular weight is 396 g/mol. The summed E-state index contributed by atoms with van der Waals surface area (Å²) in [6.07, 6.45) is 1.20. The topological polar surface area (TPSA) is 125 Å². The predicted octanol–water partition coefficient (Wildman–Crippen LogP) is 2.21. The van der Waals surface area contributed by atoms with E-state index >= 15 is 0 Å². The van der Waals surface area contributed by atoms with Gasteiger partial charge in [0.25, 0.3) is 16.8 Å². The first kappa shape index (κ1) is 20.2. The maximum absolute atomic E-state index is 12.4. The summed E-state index contributed by atoms with van der Waals surface area (Å²) in [5.41, 5.74) is -0.274. The Bertz CT molecular complexity index is 836. The summed E-state index contributed by atoms with van der Waals surface area (Å²) < 4.78 is 14.9. The molecule has 1 aromatic rings. The third kappa shape index (κ3) is 4.37. The highest BCUT2D eigenvalue weighted by Gasteiger charge is 2.37. The van der Waals surface area contributed by atoms with Crippen LogP contribution in [0.25, 0.3) is 6.08 Å². The van der Waals surface area contributed by atoms with Crippen molar-refractivity contribution in [2.45, 2.75) is 6.92 Å². The zero-order valence-corrected chi connectivity index (χ0v) is 15.5. The van der Waals surface area contributed by atoms with Gasteiger partial charge in [-0.3, -0.25) is 29.4 Å². The van der Waals surface area contributed by atoms with Gasteiger partial charge < -0.3 is 14.2 Å². The molecule has 1 saturated heterocycles. The van der Waals surface area contributed by atoms with Crippen molar-refractivity contribution in [1.82, 2.24) is 4.90 Å². The second kappa shape index (κ2) is 8.54. The molecule has 1 aliphatic heterocycles. The number of amides is 2. The molecular formula is C16H16N2O8S. The maximum Gasteiger partial charge on any atom is 0.326 e. The average Bonchev–Trinajstić information content (AvgIpc) is 2.88. The predicted molar refractivity (Wildman–Crippen MR) is 95.5 cm³/mol. The summed E-state index contributed by atoms with van der Waals surface area (Å²) in [4.78, 5) is 47.3. The molecular weight excluding hydrogens is 380 g/mol. The number of thioether (sulfide) groups is 1. The van der Waals surface area contributed by atoms with E-state index in [1.807, 2.05) is 0 Å². The number of hydrogen-bond donors (Lipinski definition) is 0. The Morgan fingerprint density at radius 2 is 1.89 bits per heavy atom. The number of nitro groups is 1. The Labute approximate surface area is 158 Å². The highest BCUT2D eigenvalue weighted by Crippen LogP contribution is 2.38. The summed E-state index contributed by atoms with van der Waals surface area (Å²) in [5.74, 6) is -1.09. The van der Waals surface area contributed by atoms with Crippen LogP contribution < -0.4 is 9.47 Å². The molecule has 10 nitrogen and oxygen atoms in total. The van der Waals surface area contributed by atoms with E-state index in [1.165, 1.54) is 26.4 Å². The van der Waals surface area contributed by atoms with Gasteiger partial charge in [0.1, 0.15) is 6.54 Å². The van der Waals surface area contributed by atoms with E-state index in [0.29, 0.717) is 11.8 Å². The number of rotatable bonds is 7. The van der Waals surface area contributed by atoms with Crippen molar-refractivity contribution >= 4 is 40.6 Å². The normalized spacial score (nSPS) is 15.2. The third-order valence-electron chi connectivity index (χ3n) is 3.48. The molecule has 1 aromatic carbocycles. The van der Waals surface area contributed by atoms with Crippen molar-refractivity contribution in [1.29, 1.82) is 0 Å². The third-order valence-corrected chi connectivity index (χ3v) is 4.39. The Hall–Kier alpha value is -3.08. The molecule has 2 amide bonds. The number of carbonyl (C=O) groups is 3. The van der Waals surface area contributed by atoms with Crippen molar-refractivity contribution < 1.29 is 33.5 Å². The second-order valence-corrected chi connectivity index (χ2v) is 6.09. The molecule has 1 aliphatic rings. The number of hydrogen-bond acceptors (Lipinski definition) is 9. The zero-order chi connectivity index (χ0) is 20.1. The molecule has 11 heteroatoms. The van der Waals surface area contributed by atoms with Crippen LogP contribution in [0, 0.1) is 10.1 Å². The molecule has 0 bridgehead atoms. The molecule has 144 valence electrons. The summed E-state index contributed by atoms with van der Waals surface area (Å²) in [6, 6.07) is 2.49. The van der Waals surface area contributed by atoms with E-state index in [9.17, 15) is 24.5 Å². The van der Waals surface area contributed by atoms with Gasteiger partial charge in [-0.05, 0) is 30.8 Å². The number of carbonyl (C=O) groups excluding carboxylic acids is 3. The minimum absolute atomic E-state index is 0.0549. The molecule has 1 heterocycles. The minimum Gasteiger partial charge on any atom is -0.493 e. The highest BCUT2D eigenvalue weighted by atomic mass is 32.2. The fourth-order valence-electron chi connectivity index (χ4n) is 2.27. The quantitative estimate of drug-likeness (QED) is 0.295. The van der Waals surface area contributed by atoms with Gasteiger partial charge in [-0.2, -0.15) is 0 Å². The molecule has 0 saturated carbocycles. The molecule has 0 N–H and O–H groups in total. The van der Waals surface area contributed by atoms with Gasteiger partial charge >= 0.3 is 5.97 Å². The van der Waals surface area contributed by atoms with Crippen molar-refractivity contribution in [3.63, 3.8) is 0 Å². The summed E-state index contributed by atoms with van der Waals surface area (Å²) >= 11 is 0.577. The molecule has 0 unspecified atom stereocenters. The SMILES string of the molecule is CCOC(=O)CN1C(=O)S/C(=C/c2cc(OC)c(OC)cc2[N+](=O)[O-])C1=O. The minimum atomic E-state index is -0.734. The number of imide groups is 1. The zero-order valence-electron chi connectivity index (χ0n) is 14.7. The molecule has 1 fully saturated rings. The van der Waals surface area contributed by atoms with Gasteiger partial charge in [-0.15, -0.1) is 0 Å². The van der Waals surface area contributed by atoms with Crippen LogP contribution in [-0.2, 0) is 14.3 Å². The van der Waals surface area contributed by atoms with E-state index in [0.717, 1.165) is 11.0 Å². The fourth-order valence-corrected chi connectivity index (χ4v) is 3.10. The van der Waals surface area contributed by atoms with Gasteiger partial charge in [0, 0.05) is 0 Å². The van der Waals surface area contributed by atoms with E-state index in [4.69, 9.17) is 14.2 Å². The van der Waals surface area contributed by atoms with Gasteiger partial charge in [-0.25, -0.2) is 0 Å². The number of nitrogens with zero attached hydrogens (tertiary/aromatic N) is 2. The van der Waals surface area contributed by atoms with Crippen LogP contribution in [0.3, 0.4) is 0 Å². The molecule has 0 radical (unpaired) electrons. The van der Waals surface area contributed by atoms with Crippen LogP contribution in [0.1, 0.15) is 12.5 Å². The lowest BCUT2D eigenvalue weighted by molar-refractivity contribution is -0.385. The summed E-state index contributed by atoms with van der Waals surface area (Å²) in [6.45, 7) is 1.19. The van der Waals surface area contributed by atoms with Crippen molar-refractivity contribution in [3.05, 3.63) is 32.7 Å². The number of methoxy groups -OCH3 is 2. The largest absolute Gasteiger partial charge is 0.493 e. The summed E-state index contributed by atoms with van der Waals surface area (Å²) in [7, 11) is 2.70. The Balaban J connectivity index is 2.40. The lowest BCUT2D eigenvalue weighted by atomic mass is 10.1. The Morgan fingerprint density at radius 3 is 2.44 bits per heavy atom. The van der Waals surface area contributed by atoms with E-state index in [2.05, 4.69) is 0 Å². The van der Waals surface area contributed by atoms with Crippen LogP contribution in [0.5, 0.6) is 11.5 Å². The molecule has 0 aliphatic carbocycles. The lowest BCUT2D eigenvalue weighted by Gasteiger charge is -2.11. The van der Waals surface area contributed by atoms with Crippen LogP contribution in [-0.4, -0.2) is 54.3 Å². The van der Waals surface area contributed by atoms with Crippen LogP contribution in [0.4, 0.5) is 10.5 Å². The second-order valence-electron chi connectivity index (χ2n) is 5.10. The monoisotopic (exact) mass is 396 g/mol. The number of nitro benzene ring substituents is 1. The maximum atomic E-state index is 12.4. The first-order valence-corrected chi connectivity index (χ1v) is 8.45. The smallest absolute Gasteiger partial charge is 0.326 e. The van der Waals surface area contributed by atoms with E-state index in [-0.39, 0.29) is 34.3 Å². The Morgan fingerprint density at radius 1 is 1.26 bits per heavy atom. The first-order chi connectivity index (χ1) is 12.8. The highest BCUT2D eigenvalue weighted by molar-refractivity contribution is 8.18. The molecule has 2 rings (SSSR count). The van der Waals surface area contributed by atoms with E-state index < -0.39 is 28.6 Å². The van der Waals surface area contributed by atoms with E-state index in [1.54, 1.807) is 6.92 Å². The number of esters is 1. The van der Waals surface area contributed by atoms with Crippen LogP contribution in [0.2, 0.25) is 0 Å². The van der Waals surface area contributed by atoms with Crippen molar-refractivity contribution in [2.24, 2.45) is 0 Å². The van der Waals surface area contributed by atoms with Crippen molar-refractivity contribution in [2.75, 3.05) is 27.4 Å². The number of benzene rings is 1.